The number of carbonyl (C=O) groups excluding carboxylic acids is 1. The monoisotopic (exact) mass is 180 g/mol. The van der Waals surface area contributed by atoms with Crippen molar-refractivity contribution >= 4 is 11.6 Å². The van der Waals surface area contributed by atoms with Crippen LogP contribution in [-0.2, 0) is 4.79 Å². The average molecular weight is 180 g/mol. The van der Waals surface area contributed by atoms with Crippen molar-refractivity contribution in [3.05, 3.63) is 24.3 Å². The number of hydrogen-bond acceptors (Lipinski definition) is 3. The molecular weight excluding hydrogens is 168 g/mol. The molecule has 0 atom stereocenters. The molecule has 0 aliphatic carbocycles. The fourth-order valence-corrected chi connectivity index (χ4v) is 0.898. The van der Waals surface area contributed by atoms with Crippen LogP contribution in [-0.4, -0.2) is 19.6 Å². The minimum atomic E-state index is -0.379. The number of carbonyl (C=O) groups is 1. The Morgan fingerprint density at radius 3 is 2.54 bits per heavy atom. The van der Waals surface area contributed by atoms with Gasteiger partial charge >= 0.3 is 0 Å². The van der Waals surface area contributed by atoms with Gasteiger partial charge in [-0.2, -0.15) is 0 Å². The van der Waals surface area contributed by atoms with Gasteiger partial charge < -0.3 is 15.8 Å². The zero-order valence-electron chi connectivity index (χ0n) is 7.41. The zero-order valence-corrected chi connectivity index (χ0v) is 7.41. The normalized spacial score (nSPS) is 9.31. The molecule has 0 aromatic heterocycles. The van der Waals surface area contributed by atoms with Gasteiger partial charge in [-0.15, -0.1) is 0 Å². The highest BCUT2D eigenvalue weighted by molar-refractivity contribution is 5.78. The van der Waals surface area contributed by atoms with E-state index in [0.717, 1.165) is 11.4 Å². The molecule has 0 unspecified atom stereocenters. The van der Waals surface area contributed by atoms with E-state index in [-0.39, 0.29) is 12.5 Å². The van der Waals surface area contributed by atoms with Crippen LogP contribution in [0, 0.1) is 0 Å². The lowest BCUT2D eigenvalue weighted by atomic mass is 10.3. The first-order chi connectivity index (χ1) is 6.22. The topological polar surface area (TPSA) is 64.3 Å². The zero-order chi connectivity index (χ0) is 9.68. The fourth-order valence-electron chi connectivity index (χ4n) is 0.898. The molecule has 0 saturated carbocycles. The summed E-state index contributed by atoms with van der Waals surface area (Å²) in [5.41, 5.74) is 5.82. The Kier molecular flexibility index (Phi) is 3.14. The van der Waals surface area contributed by atoms with Gasteiger partial charge in [0.25, 0.3) is 0 Å². The SMILES string of the molecule is COc1ccc(NCC(N)=O)cc1. The molecule has 0 saturated heterocycles. The summed E-state index contributed by atoms with van der Waals surface area (Å²) in [5.74, 6) is 0.403. The summed E-state index contributed by atoms with van der Waals surface area (Å²) in [6.45, 7) is 0.145. The van der Waals surface area contributed by atoms with Crippen molar-refractivity contribution in [2.45, 2.75) is 0 Å². The molecule has 1 rings (SSSR count). The van der Waals surface area contributed by atoms with Crippen LogP contribution < -0.4 is 15.8 Å². The maximum atomic E-state index is 10.4. The molecule has 4 heteroatoms. The van der Waals surface area contributed by atoms with Crippen molar-refractivity contribution in [2.24, 2.45) is 5.73 Å². The molecule has 0 fully saturated rings. The largest absolute Gasteiger partial charge is 0.497 e. The van der Waals surface area contributed by atoms with Gasteiger partial charge in [0.05, 0.1) is 13.7 Å². The summed E-state index contributed by atoms with van der Waals surface area (Å²) in [4.78, 5) is 10.4. The number of ether oxygens (including phenoxy) is 1. The van der Waals surface area contributed by atoms with E-state index in [1.165, 1.54) is 0 Å². The highest BCUT2D eigenvalue weighted by Gasteiger charge is 1.95. The van der Waals surface area contributed by atoms with Crippen molar-refractivity contribution in [2.75, 3.05) is 19.0 Å². The van der Waals surface area contributed by atoms with Crippen molar-refractivity contribution in [3.63, 3.8) is 0 Å². The van der Waals surface area contributed by atoms with E-state index < -0.39 is 0 Å². The average Bonchev–Trinajstić information content (AvgIpc) is 2.15. The lowest BCUT2D eigenvalue weighted by Gasteiger charge is -2.04. The summed E-state index contributed by atoms with van der Waals surface area (Å²) in [6, 6.07) is 7.26. The highest BCUT2D eigenvalue weighted by atomic mass is 16.5. The van der Waals surface area contributed by atoms with Gasteiger partial charge in [0.1, 0.15) is 5.75 Å². The number of rotatable bonds is 4. The summed E-state index contributed by atoms with van der Waals surface area (Å²) in [5, 5.41) is 2.87. The summed E-state index contributed by atoms with van der Waals surface area (Å²) in [6.07, 6.45) is 0. The number of methoxy groups -OCH3 is 1. The Balaban J connectivity index is 2.54. The van der Waals surface area contributed by atoms with Crippen molar-refractivity contribution in [1.29, 1.82) is 0 Å². The van der Waals surface area contributed by atoms with Gasteiger partial charge in [-0.05, 0) is 24.3 Å². The summed E-state index contributed by atoms with van der Waals surface area (Å²) >= 11 is 0. The van der Waals surface area contributed by atoms with Crippen LogP contribution in [0.1, 0.15) is 0 Å². The van der Waals surface area contributed by atoms with Gasteiger partial charge in [-0.1, -0.05) is 0 Å². The molecule has 0 spiro atoms. The van der Waals surface area contributed by atoms with Crippen LogP contribution in [0.5, 0.6) is 5.75 Å². The molecule has 0 heterocycles. The standard InChI is InChI=1S/C9H12N2O2/c1-13-8-4-2-7(3-5-8)11-6-9(10)12/h2-5,11H,6H2,1H3,(H2,10,12). The van der Waals surface area contributed by atoms with Gasteiger partial charge in [0.2, 0.25) is 5.91 Å². The molecule has 3 N–H and O–H groups in total. The van der Waals surface area contributed by atoms with Crippen LogP contribution >= 0.6 is 0 Å². The Morgan fingerprint density at radius 1 is 1.46 bits per heavy atom. The van der Waals surface area contributed by atoms with E-state index in [1.807, 2.05) is 24.3 Å². The second-order valence-corrected chi connectivity index (χ2v) is 2.55. The number of primary amides is 1. The molecule has 1 aromatic carbocycles. The molecule has 13 heavy (non-hydrogen) atoms. The van der Waals surface area contributed by atoms with Gasteiger partial charge in [0, 0.05) is 5.69 Å². The van der Waals surface area contributed by atoms with E-state index in [0.29, 0.717) is 0 Å². The van der Waals surface area contributed by atoms with Gasteiger partial charge in [-0.3, -0.25) is 4.79 Å². The predicted octanol–water partition coefficient (Wildman–Crippen LogP) is 0.592. The van der Waals surface area contributed by atoms with E-state index in [4.69, 9.17) is 10.5 Å². The second kappa shape index (κ2) is 4.35. The first-order valence-corrected chi connectivity index (χ1v) is 3.88. The third-order valence-corrected chi connectivity index (χ3v) is 1.56. The number of amides is 1. The number of benzene rings is 1. The number of nitrogens with one attached hydrogen (secondary N) is 1. The van der Waals surface area contributed by atoms with E-state index in [2.05, 4.69) is 5.32 Å². The number of anilines is 1. The van der Waals surface area contributed by atoms with Crippen molar-refractivity contribution in [1.82, 2.24) is 0 Å². The Morgan fingerprint density at radius 2 is 2.08 bits per heavy atom. The molecule has 0 aliphatic heterocycles. The Hall–Kier alpha value is -1.71. The Labute approximate surface area is 76.7 Å². The third kappa shape index (κ3) is 3.02. The highest BCUT2D eigenvalue weighted by Crippen LogP contribution is 2.14. The van der Waals surface area contributed by atoms with Crippen LogP contribution in [0.3, 0.4) is 0 Å². The van der Waals surface area contributed by atoms with Crippen molar-refractivity contribution < 1.29 is 9.53 Å². The van der Waals surface area contributed by atoms with Crippen LogP contribution in [0.25, 0.3) is 0 Å². The predicted molar refractivity (Wildman–Crippen MR) is 50.7 cm³/mol. The number of nitrogens with two attached hydrogens (primary N) is 1. The molecule has 0 radical (unpaired) electrons. The Bertz CT molecular complexity index is 282. The number of hydrogen-bond donors (Lipinski definition) is 2. The lowest BCUT2D eigenvalue weighted by Crippen LogP contribution is -2.21. The minimum Gasteiger partial charge on any atom is -0.497 e. The molecular formula is C9H12N2O2. The van der Waals surface area contributed by atoms with Gasteiger partial charge in [-0.25, -0.2) is 0 Å². The van der Waals surface area contributed by atoms with E-state index in [1.54, 1.807) is 7.11 Å². The van der Waals surface area contributed by atoms with Crippen LogP contribution in [0.15, 0.2) is 24.3 Å². The minimum absolute atomic E-state index is 0.145. The molecule has 0 bridgehead atoms. The third-order valence-electron chi connectivity index (χ3n) is 1.56. The quantitative estimate of drug-likeness (QED) is 0.712. The summed E-state index contributed by atoms with van der Waals surface area (Å²) < 4.78 is 4.98. The summed E-state index contributed by atoms with van der Waals surface area (Å²) in [7, 11) is 1.60. The molecule has 4 nitrogen and oxygen atoms in total. The van der Waals surface area contributed by atoms with Crippen molar-refractivity contribution in [3.8, 4) is 5.75 Å². The first-order valence-electron chi connectivity index (χ1n) is 3.88. The molecule has 1 aromatic rings. The van der Waals surface area contributed by atoms with E-state index in [9.17, 15) is 4.79 Å². The van der Waals surface area contributed by atoms with Crippen LogP contribution in [0.2, 0.25) is 0 Å². The second-order valence-electron chi connectivity index (χ2n) is 2.55. The van der Waals surface area contributed by atoms with E-state index >= 15 is 0 Å². The smallest absolute Gasteiger partial charge is 0.236 e. The van der Waals surface area contributed by atoms with Gasteiger partial charge in [0.15, 0.2) is 0 Å². The maximum Gasteiger partial charge on any atom is 0.236 e. The molecule has 0 aliphatic rings. The van der Waals surface area contributed by atoms with Crippen LogP contribution in [0.4, 0.5) is 5.69 Å². The maximum absolute atomic E-state index is 10.4. The fraction of sp³-hybridized carbons (Fsp3) is 0.222. The molecule has 70 valence electrons. The first kappa shape index (κ1) is 9.38. The molecule has 1 amide bonds. The lowest BCUT2D eigenvalue weighted by molar-refractivity contribution is -0.116.